The Morgan fingerprint density at radius 2 is 1.73 bits per heavy atom. The van der Waals surface area contributed by atoms with Gasteiger partial charge in [0.15, 0.2) is 5.78 Å². The molecule has 2 aromatic carbocycles. The molecule has 33 heavy (non-hydrogen) atoms. The monoisotopic (exact) mass is 497 g/mol. The van der Waals surface area contributed by atoms with Crippen molar-refractivity contribution in [1.29, 1.82) is 0 Å². The second kappa shape index (κ2) is 14.3. The van der Waals surface area contributed by atoms with Crippen LogP contribution in [-0.4, -0.2) is 60.3 Å². The first-order chi connectivity index (χ1) is 15.9. The summed E-state index contributed by atoms with van der Waals surface area (Å²) in [7, 11) is 0. The molecule has 0 saturated carbocycles. The Morgan fingerprint density at radius 1 is 1.06 bits per heavy atom. The van der Waals surface area contributed by atoms with Crippen LogP contribution in [0.4, 0.5) is 4.39 Å². The standard InChI is InChI=1S/C24H30Cl2FN3O3/c1-2-33-24(32)21(28)15-18-8-9-20(27)19(14-18)23(31)22(16-17-6-4-3-5-7-17)29-30(12-10-25)13-11-26/h3-9,14,21-22,29H,2,10-13,15-16,28H2,1H3/t21-,22-/m0/s1. The molecule has 0 aliphatic heterocycles. The summed E-state index contributed by atoms with van der Waals surface area (Å²) in [5.41, 5.74) is 10.5. The minimum atomic E-state index is -0.903. The maximum atomic E-state index is 14.7. The van der Waals surface area contributed by atoms with Crippen molar-refractivity contribution in [3.8, 4) is 0 Å². The van der Waals surface area contributed by atoms with E-state index in [0.29, 0.717) is 36.8 Å². The topological polar surface area (TPSA) is 84.7 Å². The minimum Gasteiger partial charge on any atom is -0.465 e. The lowest BCUT2D eigenvalue weighted by Crippen LogP contribution is -2.51. The molecule has 0 bridgehead atoms. The molecule has 2 rings (SSSR count). The number of hydrogen-bond donors (Lipinski definition) is 2. The number of nitrogens with zero attached hydrogens (tertiary/aromatic N) is 1. The van der Waals surface area contributed by atoms with E-state index < -0.39 is 29.7 Å². The van der Waals surface area contributed by atoms with E-state index in [1.54, 1.807) is 11.9 Å². The quantitative estimate of drug-likeness (QED) is 0.180. The first kappa shape index (κ1) is 27.2. The van der Waals surface area contributed by atoms with Crippen LogP contribution in [0.25, 0.3) is 0 Å². The number of Topliss-reactive ketones (excluding diaryl/α,β-unsaturated/α-hetero) is 1. The van der Waals surface area contributed by atoms with Crippen molar-refractivity contribution in [2.75, 3.05) is 31.5 Å². The van der Waals surface area contributed by atoms with Crippen LogP contribution in [-0.2, 0) is 22.4 Å². The summed E-state index contributed by atoms with van der Waals surface area (Å²) in [5.74, 6) is -0.931. The Kier molecular flexibility index (Phi) is 11.8. The molecule has 2 atom stereocenters. The molecule has 0 spiro atoms. The van der Waals surface area contributed by atoms with Crippen molar-refractivity contribution >= 4 is 35.0 Å². The maximum absolute atomic E-state index is 14.7. The zero-order valence-corrected chi connectivity index (χ0v) is 20.1. The second-order valence-corrected chi connectivity index (χ2v) is 8.23. The molecular formula is C24H30Cl2FN3O3. The van der Waals surface area contributed by atoms with E-state index >= 15 is 0 Å². The summed E-state index contributed by atoms with van der Waals surface area (Å²) in [4.78, 5) is 25.3. The summed E-state index contributed by atoms with van der Waals surface area (Å²) >= 11 is 11.8. The first-order valence-electron chi connectivity index (χ1n) is 10.8. The van der Waals surface area contributed by atoms with Gasteiger partial charge in [-0.2, -0.15) is 0 Å². The summed E-state index contributed by atoms with van der Waals surface area (Å²) < 4.78 is 19.7. The number of benzene rings is 2. The molecule has 9 heteroatoms. The highest BCUT2D eigenvalue weighted by Gasteiger charge is 2.26. The van der Waals surface area contributed by atoms with Gasteiger partial charge < -0.3 is 10.5 Å². The Hall–Kier alpha value is -2.03. The van der Waals surface area contributed by atoms with Crippen LogP contribution >= 0.6 is 23.2 Å². The molecule has 2 aromatic rings. The van der Waals surface area contributed by atoms with Gasteiger partial charge in [-0.3, -0.25) is 9.59 Å². The van der Waals surface area contributed by atoms with Gasteiger partial charge in [0, 0.05) is 24.8 Å². The van der Waals surface area contributed by atoms with Gasteiger partial charge in [0.1, 0.15) is 11.9 Å². The lowest BCUT2D eigenvalue weighted by molar-refractivity contribution is -0.144. The summed E-state index contributed by atoms with van der Waals surface area (Å²) in [6.45, 7) is 2.83. The van der Waals surface area contributed by atoms with Crippen molar-refractivity contribution in [2.24, 2.45) is 5.73 Å². The van der Waals surface area contributed by atoms with E-state index in [1.165, 1.54) is 18.2 Å². The molecule has 0 aliphatic carbocycles. The average molecular weight is 498 g/mol. The van der Waals surface area contributed by atoms with E-state index in [9.17, 15) is 14.0 Å². The molecule has 3 N–H and O–H groups in total. The van der Waals surface area contributed by atoms with Crippen molar-refractivity contribution in [2.45, 2.75) is 31.8 Å². The van der Waals surface area contributed by atoms with Crippen LogP contribution in [0.15, 0.2) is 48.5 Å². The SMILES string of the molecule is CCOC(=O)[C@@H](N)Cc1ccc(F)c(C(=O)[C@H](Cc2ccccc2)NN(CCCl)CCCl)c1. The Balaban J connectivity index is 2.30. The summed E-state index contributed by atoms with van der Waals surface area (Å²) in [6, 6.07) is 12.0. The molecule has 180 valence electrons. The molecule has 0 aliphatic rings. The molecule has 0 saturated heterocycles. The summed E-state index contributed by atoms with van der Waals surface area (Å²) in [5, 5.41) is 1.77. The normalized spacial score (nSPS) is 13.0. The number of rotatable bonds is 14. The lowest BCUT2D eigenvalue weighted by Gasteiger charge is -2.28. The molecule has 0 fully saturated rings. The van der Waals surface area contributed by atoms with Gasteiger partial charge in [-0.1, -0.05) is 36.4 Å². The van der Waals surface area contributed by atoms with Crippen molar-refractivity contribution in [3.05, 3.63) is 71.0 Å². The first-order valence-corrected chi connectivity index (χ1v) is 11.9. The maximum Gasteiger partial charge on any atom is 0.323 e. The van der Waals surface area contributed by atoms with Crippen LogP contribution in [0.2, 0.25) is 0 Å². The van der Waals surface area contributed by atoms with Gasteiger partial charge in [0.25, 0.3) is 0 Å². The highest BCUT2D eigenvalue weighted by molar-refractivity contribution is 6.18. The molecular weight excluding hydrogens is 468 g/mol. The number of esters is 1. The average Bonchev–Trinajstić information content (AvgIpc) is 2.80. The molecule has 0 heterocycles. The number of carbonyl (C=O) groups is 2. The third-order valence-corrected chi connectivity index (χ3v) is 5.33. The third-order valence-electron chi connectivity index (χ3n) is 4.99. The van der Waals surface area contributed by atoms with Crippen molar-refractivity contribution in [3.63, 3.8) is 0 Å². The van der Waals surface area contributed by atoms with Crippen LogP contribution in [0.5, 0.6) is 0 Å². The number of carbonyl (C=O) groups excluding carboxylic acids is 2. The van der Waals surface area contributed by atoms with E-state index in [0.717, 1.165) is 5.56 Å². The Bertz CT molecular complexity index is 896. The van der Waals surface area contributed by atoms with E-state index in [2.05, 4.69) is 5.43 Å². The lowest BCUT2D eigenvalue weighted by atomic mass is 9.95. The Labute approximate surface area is 204 Å². The summed E-state index contributed by atoms with van der Waals surface area (Å²) in [6.07, 6.45) is 0.466. The van der Waals surface area contributed by atoms with Crippen LogP contribution in [0, 0.1) is 5.82 Å². The third kappa shape index (κ3) is 8.68. The molecule has 0 aromatic heterocycles. The number of hydrogen-bond acceptors (Lipinski definition) is 6. The highest BCUT2D eigenvalue weighted by Crippen LogP contribution is 2.17. The number of ether oxygens (including phenoxy) is 1. The van der Waals surface area contributed by atoms with Gasteiger partial charge in [0.2, 0.25) is 0 Å². The predicted octanol–water partition coefficient (Wildman–Crippen LogP) is 3.34. The fraction of sp³-hybridized carbons (Fsp3) is 0.417. The second-order valence-electron chi connectivity index (χ2n) is 7.48. The largest absolute Gasteiger partial charge is 0.465 e. The van der Waals surface area contributed by atoms with Crippen molar-refractivity contribution in [1.82, 2.24) is 10.4 Å². The van der Waals surface area contributed by atoms with E-state index in [-0.39, 0.29) is 18.6 Å². The number of halogens is 3. The van der Waals surface area contributed by atoms with E-state index in [4.69, 9.17) is 33.7 Å². The number of nitrogens with one attached hydrogen (secondary N) is 1. The van der Waals surface area contributed by atoms with Gasteiger partial charge in [0.05, 0.1) is 18.2 Å². The zero-order valence-electron chi connectivity index (χ0n) is 18.6. The van der Waals surface area contributed by atoms with E-state index in [1.807, 2.05) is 30.3 Å². The van der Waals surface area contributed by atoms with Crippen LogP contribution < -0.4 is 11.2 Å². The zero-order chi connectivity index (χ0) is 24.2. The van der Waals surface area contributed by atoms with Gasteiger partial charge in [-0.15, -0.1) is 23.2 Å². The number of ketones is 1. The van der Waals surface area contributed by atoms with Gasteiger partial charge in [-0.25, -0.2) is 14.8 Å². The van der Waals surface area contributed by atoms with Crippen LogP contribution in [0.1, 0.15) is 28.4 Å². The molecule has 6 nitrogen and oxygen atoms in total. The number of hydrazine groups is 1. The predicted molar refractivity (Wildman–Crippen MR) is 129 cm³/mol. The van der Waals surface area contributed by atoms with Gasteiger partial charge >= 0.3 is 5.97 Å². The number of nitrogens with two attached hydrogens (primary N) is 1. The highest BCUT2D eigenvalue weighted by atomic mass is 35.5. The van der Waals surface area contributed by atoms with Crippen LogP contribution in [0.3, 0.4) is 0 Å². The smallest absolute Gasteiger partial charge is 0.323 e. The van der Waals surface area contributed by atoms with Gasteiger partial charge in [-0.05, 0) is 43.0 Å². The Morgan fingerprint density at radius 3 is 2.33 bits per heavy atom. The molecule has 0 unspecified atom stereocenters. The van der Waals surface area contributed by atoms with Crippen molar-refractivity contribution < 1.29 is 18.7 Å². The number of alkyl halides is 2. The minimum absolute atomic E-state index is 0.0753. The molecule has 0 radical (unpaired) electrons. The fourth-order valence-corrected chi connectivity index (χ4v) is 3.78. The fourth-order valence-electron chi connectivity index (χ4n) is 3.37. The molecule has 0 amide bonds.